The zero-order valence-corrected chi connectivity index (χ0v) is 29.0. The molecule has 9 heteroatoms. The van der Waals surface area contributed by atoms with Gasteiger partial charge in [0.2, 0.25) is 0 Å². The molecule has 0 atom stereocenters. The van der Waals surface area contributed by atoms with Crippen LogP contribution < -0.4 is 14.2 Å². The number of hydrogen-bond acceptors (Lipinski definition) is 9. The normalized spacial score (nSPS) is 11.9. The van der Waals surface area contributed by atoms with Crippen molar-refractivity contribution in [2.45, 2.75) is 91.5 Å². The Morgan fingerprint density at radius 2 is 0.745 bits per heavy atom. The Hall–Kier alpha value is -4.53. The zero-order chi connectivity index (χ0) is 34.8. The van der Waals surface area contributed by atoms with E-state index in [1.807, 2.05) is 135 Å². The van der Waals surface area contributed by atoms with Gasteiger partial charge in [0, 0.05) is 5.92 Å². The van der Waals surface area contributed by atoms with Crippen LogP contribution in [-0.4, -0.2) is 54.5 Å². The molecule has 0 aliphatic rings. The summed E-state index contributed by atoms with van der Waals surface area (Å²) in [6.45, 7) is 15.7. The third kappa shape index (κ3) is 14.2. The summed E-state index contributed by atoms with van der Waals surface area (Å²) >= 11 is 0. The number of hydrogen-bond donors (Lipinski definition) is 0. The standard InChI is InChI=1S/C38H48O9/c1-36(2,3)45-33(39)23-42-29-16-10-26(11-17-29)22-32(27-12-18-30(19-13-27)43-24-34(40)46-37(4,5)6)28-14-20-31(21-15-28)44-25-35(41)47-38(7,8)9/h10-21,32H,22-25H2,1-9H3. The average molecular weight is 649 g/mol. The summed E-state index contributed by atoms with van der Waals surface area (Å²) in [5, 5.41) is 0. The van der Waals surface area contributed by atoms with Crippen LogP contribution in [0.2, 0.25) is 0 Å². The van der Waals surface area contributed by atoms with Crippen molar-refractivity contribution < 1.29 is 42.8 Å². The van der Waals surface area contributed by atoms with Gasteiger partial charge in [-0.25, -0.2) is 14.4 Å². The molecule has 0 unspecified atom stereocenters. The number of rotatable bonds is 13. The van der Waals surface area contributed by atoms with Crippen molar-refractivity contribution in [3.05, 3.63) is 89.5 Å². The Kier molecular flexibility index (Phi) is 12.5. The van der Waals surface area contributed by atoms with E-state index in [2.05, 4.69) is 0 Å². The second-order valence-electron chi connectivity index (χ2n) is 14.2. The van der Waals surface area contributed by atoms with Crippen molar-refractivity contribution in [1.29, 1.82) is 0 Å². The van der Waals surface area contributed by atoms with E-state index in [1.165, 1.54) is 0 Å². The maximum absolute atomic E-state index is 12.1. The van der Waals surface area contributed by atoms with E-state index in [-0.39, 0.29) is 25.7 Å². The maximum Gasteiger partial charge on any atom is 0.344 e. The van der Waals surface area contributed by atoms with Crippen molar-refractivity contribution in [2.75, 3.05) is 19.8 Å². The van der Waals surface area contributed by atoms with Gasteiger partial charge in [0.25, 0.3) is 0 Å². The van der Waals surface area contributed by atoms with Gasteiger partial charge in [0.1, 0.15) is 34.1 Å². The van der Waals surface area contributed by atoms with Gasteiger partial charge in [0.15, 0.2) is 19.8 Å². The van der Waals surface area contributed by atoms with Crippen molar-refractivity contribution in [2.24, 2.45) is 0 Å². The van der Waals surface area contributed by atoms with Crippen LogP contribution in [0, 0.1) is 0 Å². The molecule has 0 aromatic heterocycles. The Balaban J connectivity index is 1.75. The average Bonchev–Trinajstić information content (AvgIpc) is 2.95. The Bertz CT molecular complexity index is 1380. The molecule has 3 rings (SSSR count). The minimum Gasteiger partial charge on any atom is -0.482 e. The fraction of sp³-hybridized carbons (Fsp3) is 0.447. The second-order valence-corrected chi connectivity index (χ2v) is 14.2. The van der Waals surface area contributed by atoms with E-state index in [9.17, 15) is 14.4 Å². The molecule has 0 spiro atoms. The Morgan fingerprint density at radius 3 is 1.02 bits per heavy atom. The highest BCUT2D eigenvalue weighted by Crippen LogP contribution is 2.32. The van der Waals surface area contributed by atoms with Crippen LogP contribution in [0.25, 0.3) is 0 Å². The van der Waals surface area contributed by atoms with Gasteiger partial charge < -0.3 is 28.4 Å². The van der Waals surface area contributed by atoms with Crippen LogP contribution in [0.15, 0.2) is 72.8 Å². The largest absolute Gasteiger partial charge is 0.482 e. The highest BCUT2D eigenvalue weighted by molar-refractivity contribution is 5.72. The van der Waals surface area contributed by atoms with Crippen molar-refractivity contribution >= 4 is 17.9 Å². The molecule has 0 radical (unpaired) electrons. The molecule has 0 heterocycles. The molecule has 3 aromatic rings. The number of esters is 3. The fourth-order valence-electron chi connectivity index (χ4n) is 4.52. The fourth-order valence-corrected chi connectivity index (χ4v) is 4.52. The van der Waals surface area contributed by atoms with Gasteiger partial charge in [-0.15, -0.1) is 0 Å². The van der Waals surface area contributed by atoms with Crippen molar-refractivity contribution in [3.8, 4) is 17.2 Å². The first-order valence-corrected chi connectivity index (χ1v) is 15.7. The third-order valence-corrected chi connectivity index (χ3v) is 6.26. The van der Waals surface area contributed by atoms with Crippen LogP contribution in [0.3, 0.4) is 0 Å². The molecule has 0 aliphatic heterocycles. The summed E-state index contributed by atoms with van der Waals surface area (Å²) in [6, 6.07) is 22.8. The molecule has 9 nitrogen and oxygen atoms in total. The number of ether oxygens (including phenoxy) is 6. The molecular formula is C38H48O9. The van der Waals surface area contributed by atoms with E-state index in [0.29, 0.717) is 23.7 Å². The van der Waals surface area contributed by atoms with Gasteiger partial charge in [-0.1, -0.05) is 36.4 Å². The van der Waals surface area contributed by atoms with Crippen LogP contribution in [0.5, 0.6) is 17.2 Å². The smallest absolute Gasteiger partial charge is 0.344 e. The first kappa shape index (κ1) is 36.9. The highest BCUT2D eigenvalue weighted by Gasteiger charge is 2.20. The van der Waals surface area contributed by atoms with Gasteiger partial charge >= 0.3 is 17.9 Å². The summed E-state index contributed by atoms with van der Waals surface area (Å²) in [5.74, 6) is 0.307. The SMILES string of the molecule is CC(C)(C)OC(=O)COc1ccc(CC(c2ccc(OCC(=O)OC(C)(C)C)cc2)c2ccc(OCC(=O)OC(C)(C)C)cc2)cc1. The number of benzene rings is 3. The molecule has 0 N–H and O–H groups in total. The minimum atomic E-state index is -0.587. The van der Waals surface area contributed by atoms with Crippen LogP contribution in [0.4, 0.5) is 0 Å². The summed E-state index contributed by atoms with van der Waals surface area (Å²) in [7, 11) is 0. The number of carbonyl (C=O) groups is 3. The molecule has 0 saturated carbocycles. The second kappa shape index (κ2) is 15.8. The van der Waals surface area contributed by atoms with Gasteiger partial charge in [-0.2, -0.15) is 0 Å². The van der Waals surface area contributed by atoms with Gasteiger partial charge in [-0.05, 0) is 122 Å². The Morgan fingerprint density at radius 1 is 0.468 bits per heavy atom. The molecule has 0 saturated heterocycles. The lowest BCUT2D eigenvalue weighted by Gasteiger charge is -2.21. The first-order valence-electron chi connectivity index (χ1n) is 15.7. The summed E-state index contributed by atoms with van der Waals surface area (Å²) in [5.41, 5.74) is 1.36. The third-order valence-electron chi connectivity index (χ3n) is 6.26. The van der Waals surface area contributed by atoms with E-state index < -0.39 is 34.7 Å². The molecule has 254 valence electrons. The van der Waals surface area contributed by atoms with Crippen LogP contribution >= 0.6 is 0 Å². The highest BCUT2D eigenvalue weighted by atomic mass is 16.6. The van der Waals surface area contributed by atoms with Crippen LogP contribution in [-0.2, 0) is 35.0 Å². The molecule has 0 amide bonds. The van der Waals surface area contributed by atoms with E-state index in [0.717, 1.165) is 16.7 Å². The lowest BCUT2D eigenvalue weighted by Crippen LogP contribution is -2.27. The molecule has 0 aliphatic carbocycles. The van der Waals surface area contributed by atoms with E-state index >= 15 is 0 Å². The van der Waals surface area contributed by atoms with Gasteiger partial charge in [-0.3, -0.25) is 0 Å². The molecule has 0 bridgehead atoms. The number of carbonyl (C=O) groups excluding carboxylic acids is 3. The van der Waals surface area contributed by atoms with Crippen LogP contribution in [0.1, 0.15) is 84.9 Å². The summed E-state index contributed by atoms with van der Waals surface area (Å²) < 4.78 is 32.9. The van der Waals surface area contributed by atoms with Crippen molar-refractivity contribution in [3.63, 3.8) is 0 Å². The lowest BCUT2D eigenvalue weighted by atomic mass is 9.86. The first-order chi connectivity index (χ1) is 21.8. The predicted molar refractivity (Wildman–Crippen MR) is 179 cm³/mol. The molecule has 0 fully saturated rings. The summed E-state index contributed by atoms with van der Waals surface area (Å²) in [6.07, 6.45) is 0.655. The lowest BCUT2D eigenvalue weighted by molar-refractivity contribution is -0.158. The molecule has 3 aromatic carbocycles. The monoisotopic (exact) mass is 648 g/mol. The van der Waals surface area contributed by atoms with Gasteiger partial charge in [0.05, 0.1) is 0 Å². The van der Waals surface area contributed by atoms with Crippen molar-refractivity contribution in [1.82, 2.24) is 0 Å². The van der Waals surface area contributed by atoms with E-state index in [4.69, 9.17) is 28.4 Å². The molecule has 47 heavy (non-hydrogen) atoms. The quantitative estimate of drug-likeness (QED) is 0.140. The molecular weight excluding hydrogens is 600 g/mol. The maximum atomic E-state index is 12.1. The predicted octanol–water partition coefficient (Wildman–Crippen LogP) is 7.22. The zero-order valence-electron chi connectivity index (χ0n) is 29.0. The summed E-state index contributed by atoms with van der Waals surface area (Å²) in [4.78, 5) is 36.3. The topological polar surface area (TPSA) is 107 Å². The minimum absolute atomic E-state index is 0.0525. The van der Waals surface area contributed by atoms with E-state index in [1.54, 1.807) is 0 Å². The Labute approximate surface area is 278 Å².